The van der Waals surface area contributed by atoms with Gasteiger partial charge in [0.25, 0.3) is 11.5 Å². The van der Waals surface area contributed by atoms with E-state index in [0.29, 0.717) is 24.2 Å². The SMILES string of the molecule is Cc1c(NC(=O)CN2C(=O)N[C@@H](CCc3ccccc3)C2=O)c(=O)n(-c2ccccc2)n1C. The summed E-state index contributed by atoms with van der Waals surface area (Å²) in [6.45, 7) is 1.25. The number of nitrogens with one attached hydrogen (secondary N) is 2. The number of urea groups is 1. The molecule has 0 aliphatic carbocycles. The molecule has 3 aromatic rings. The van der Waals surface area contributed by atoms with Crippen LogP contribution in [0.3, 0.4) is 0 Å². The first kappa shape index (κ1) is 22.1. The number of para-hydroxylation sites is 1. The van der Waals surface area contributed by atoms with E-state index in [1.807, 2.05) is 48.5 Å². The van der Waals surface area contributed by atoms with Crippen LogP contribution in [0.1, 0.15) is 17.7 Å². The topological polar surface area (TPSA) is 105 Å². The third-order valence-electron chi connectivity index (χ3n) is 5.79. The Bertz CT molecular complexity index is 1250. The van der Waals surface area contributed by atoms with E-state index in [4.69, 9.17) is 0 Å². The van der Waals surface area contributed by atoms with Crippen LogP contribution >= 0.6 is 0 Å². The van der Waals surface area contributed by atoms with Crippen molar-refractivity contribution in [2.24, 2.45) is 7.05 Å². The highest BCUT2D eigenvalue weighted by atomic mass is 16.2. The molecule has 0 radical (unpaired) electrons. The highest BCUT2D eigenvalue weighted by molar-refractivity contribution is 6.07. The Labute approximate surface area is 190 Å². The lowest BCUT2D eigenvalue weighted by Gasteiger charge is -2.12. The van der Waals surface area contributed by atoms with Gasteiger partial charge in [0, 0.05) is 7.05 Å². The number of rotatable bonds is 7. The van der Waals surface area contributed by atoms with Crippen LogP contribution in [-0.4, -0.2) is 44.7 Å². The summed E-state index contributed by atoms with van der Waals surface area (Å²) < 4.78 is 3.08. The molecule has 1 aliphatic heterocycles. The van der Waals surface area contributed by atoms with E-state index in [0.717, 1.165) is 10.5 Å². The summed E-state index contributed by atoms with van der Waals surface area (Å²) >= 11 is 0. The molecule has 1 saturated heterocycles. The van der Waals surface area contributed by atoms with Crippen molar-refractivity contribution in [1.82, 2.24) is 19.6 Å². The fourth-order valence-electron chi connectivity index (χ4n) is 3.91. The average Bonchev–Trinajstić information content (AvgIpc) is 3.20. The van der Waals surface area contributed by atoms with Gasteiger partial charge in [-0.2, -0.15) is 0 Å². The van der Waals surface area contributed by atoms with Crippen molar-refractivity contribution < 1.29 is 14.4 Å². The Morgan fingerprint density at radius 3 is 2.30 bits per heavy atom. The molecule has 2 aromatic carbocycles. The Kier molecular flexibility index (Phi) is 6.12. The number of aromatic nitrogens is 2. The average molecular weight is 447 g/mol. The van der Waals surface area contributed by atoms with Crippen molar-refractivity contribution >= 4 is 23.5 Å². The van der Waals surface area contributed by atoms with Gasteiger partial charge in [-0.3, -0.25) is 24.0 Å². The molecule has 2 heterocycles. The molecule has 0 bridgehead atoms. The summed E-state index contributed by atoms with van der Waals surface area (Å²) in [4.78, 5) is 51.5. The first-order valence-electron chi connectivity index (χ1n) is 10.7. The van der Waals surface area contributed by atoms with Crippen molar-refractivity contribution in [1.29, 1.82) is 0 Å². The number of benzene rings is 2. The van der Waals surface area contributed by atoms with Crippen molar-refractivity contribution in [3.63, 3.8) is 0 Å². The minimum Gasteiger partial charge on any atom is -0.326 e. The lowest BCUT2D eigenvalue weighted by atomic mass is 10.1. The summed E-state index contributed by atoms with van der Waals surface area (Å²) in [6.07, 6.45) is 1.06. The molecule has 1 fully saturated rings. The van der Waals surface area contributed by atoms with E-state index < -0.39 is 36.0 Å². The van der Waals surface area contributed by atoms with E-state index in [9.17, 15) is 19.2 Å². The van der Waals surface area contributed by atoms with Crippen molar-refractivity contribution in [2.45, 2.75) is 25.8 Å². The number of amides is 4. The van der Waals surface area contributed by atoms with E-state index in [1.165, 1.54) is 4.68 Å². The molecule has 0 saturated carbocycles. The monoisotopic (exact) mass is 447 g/mol. The second-order valence-electron chi connectivity index (χ2n) is 7.94. The fraction of sp³-hybridized carbons (Fsp3) is 0.250. The maximum absolute atomic E-state index is 13.0. The number of carbonyl (C=O) groups excluding carboxylic acids is 3. The Hall–Kier alpha value is -4.14. The van der Waals surface area contributed by atoms with Gasteiger partial charge in [0.1, 0.15) is 18.3 Å². The third-order valence-corrected chi connectivity index (χ3v) is 5.79. The zero-order chi connectivity index (χ0) is 23.5. The third kappa shape index (κ3) is 4.43. The largest absolute Gasteiger partial charge is 0.326 e. The van der Waals surface area contributed by atoms with Gasteiger partial charge < -0.3 is 10.6 Å². The van der Waals surface area contributed by atoms with Crippen molar-refractivity contribution in [2.75, 3.05) is 11.9 Å². The number of carbonyl (C=O) groups is 3. The fourth-order valence-corrected chi connectivity index (χ4v) is 3.91. The molecule has 0 spiro atoms. The van der Waals surface area contributed by atoms with Crippen LogP contribution in [0.15, 0.2) is 65.5 Å². The first-order chi connectivity index (χ1) is 15.9. The van der Waals surface area contributed by atoms with Gasteiger partial charge in [0.2, 0.25) is 5.91 Å². The van der Waals surface area contributed by atoms with Gasteiger partial charge in [0.15, 0.2) is 0 Å². The predicted octanol–water partition coefficient (Wildman–Crippen LogP) is 1.98. The van der Waals surface area contributed by atoms with E-state index in [-0.39, 0.29) is 5.69 Å². The van der Waals surface area contributed by atoms with Crippen LogP contribution in [0.5, 0.6) is 0 Å². The number of aryl methyl sites for hydroxylation is 1. The van der Waals surface area contributed by atoms with E-state index in [1.54, 1.807) is 30.8 Å². The Morgan fingerprint density at radius 1 is 1.00 bits per heavy atom. The smallest absolute Gasteiger partial charge is 0.325 e. The molecule has 2 N–H and O–H groups in total. The Balaban J connectivity index is 1.43. The zero-order valence-corrected chi connectivity index (χ0v) is 18.4. The first-order valence-corrected chi connectivity index (χ1v) is 10.7. The van der Waals surface area contributed by atoms with Gasteiger partial charge in [0.05, 0.1) is 11.4 Å². The number of imide groups is 1. The normalized spacial score (nSPS) is 15.6. The minimum atomic E-state index is -0.681. The summed E-state index contributed by atoms with van der Waals surface area (Å²) in [6, 6.07) is 17.4. The highest BCUT2D eigenvalue weighted by Crippen LogP contribution is 2.16. The number of nitrogens with zero attached hydrogens (tertiary/aromatic N) is 3. The number of hydrogen-bond acceptors (Lipinski definition) is 4. The second-order valence-corrected chi connectivity index (χ2v) is 7.94. The molecule has 9 nitrogen and oxygen atoms in total. The van der Waals surface area contributed by atoms with Crippen LogP contribution in [0.2, 0.25) is 0 Å². The molecule has 1 aliphatic rings. The van der Waals surface area contributed by atoms with Gasteiger partial charge in [-0.25, -0.2) is 9.48 Å². The Morgan fingerprint density at radius 2 is 1.64 bits per heavy atom. The van der Waals surface area contributed by atoms with Crippen LogP contribution in [0, 0.1) is 6.92 Å². The number of hydrogen-bond donors (Lipinski definition) is 2. The quantitative estimate of drug-likeness (QED) is 0.540. The molecule has 9 heteroatoms. The lowest BCUT2D eigenvalue weighted by Crippen LogP contribution is -2.39. The molecule has 1 aromatic heterocycles. The lowest BCUT2D eigenvalue weighted by molar-refractivity contribution is -0.130. The summed E-state index contributed by atoms with van der Waals surface area (Å²) in [5.74, 6) is -1.06. The van der Waals surface area contributed by atoms with Crippen LogP contribution < -0.4 is 16.2 Å². The molecule has 0 unspecified atom stereocenters. The minimum absolute atomic E-state index is 0.110. The number of anilines is 1. The van der Waals surface area contributed by atoms with Crippen molar-refractivity contribution in [3.05, 3.63) is 82.3 Å². The van der Waals surface area contributed by atoms with Crippen LogP contribution in [0.4, 0.5) is 10.5 Å². The maximum atomic E-state index is 13.0. The maximum Gasteiger partial charge on any atom is 0.325 e. The van der Waals surface area contributed by atoms with Gasteiger partial charge in [-0.15, -0.1) is 0 Å². The van der Waals surface area contributed by atoms with Crippen molar-refractivity contribution in [3.8, 4) is 5.69 Å². The molecular weight excluding hydrogens is 422 g/mol. The standard InChI is InChI=1S/C24H25N5O4/c1-16-21(23(32)29(27(16)2)18-11-7-4-8-12-18)26-20(30)15-28-22(31)19(25-24(28)33)14-13-17-9-5-3-6-10-17/h3-12,19H,13-15H2,1-2H3,(H,25,33)(H,26,30)/t19-/m0/s1. The van der Waals surface area contributed by atoms with Gasteiger partial charge >= 0.3 is 6.03 Å². The molecule has 33 heavy (non-hydrogen) atoms. The highest BCUT2D eigenvalue weighted by Gasteiger charge is 2.38. The van der Waals surface area contributed by atoms with E-state index >= 15 is 0 Å². The summed E-state index contributed by atoms with van der Waals surface area (Å²) in [7, 11) is 1.72. The second kappa shape index (κ2) is 9.15. The molecule has 4 amide bonds. The summed E-state index contributed by atoms with van der Waals surface area (Å²) in [5.41, 5.74) is 1.98. The summed E-state index contributed by atoms with van der Waals surface area (Å²) in [5, 5.41) is 5.22. The molecule has 1 atom stereocenters. The predicted molar refractivity (Wildman–Crippen MR) is 123 cm³/mol. The molecule has 4 rings (SSSR count). The van der Waals surface area contributed by atoms with Gasteiger partial charge in [-0.1, -0.05) is 48.5 Å². The van der Waals surface area contributed by atoms with E-state index in [2.05, 4.69) is 10.6 Å². The molecule has 170 valence electrons. The van der Waals surface area contributed by atoms with Crippen LogP contribution in [0.25, 0.3) is 5.69 Å². The zero-order valence-electron chi connectivity index (χ0n) is 18.4. The van der Waals surface area contributed by atoms with Crippen LogP contribution in [-0.2, 0) is 23.1 Å². The molecular formula is C24H25N5O4. The van der Waals surface area contributed by atoms with Gasteiger partial charge in [-0.05, 0) is 37.5 Å².